The molecular weight excluding hydrogens is 378 g/mol. The smallest absolute Gasteiger partial charge is 0.263 e. The van der Waals surface area contributed by atoms with Gasteiger partial charge < -0.3 is 15.4 Å². The van der Waals surface area contributed by atoms with Gasteiger partial charge in [0.15, 0.2) is 23.2 Å². The fraction of sp³-hybridized carbons (Fsp3) is 0.250. The van der Waals surface area contributed by atoms with Gasteiger partial charge in [0, 0.05) is 10.9 Å². The molecule has 0 atom stereocenters. The number of fused-ring (bicyclic) bond motifs is 1. The molecule has 1 aliphatic carbocycles. The van der Waals surface area contributed by atoms with Crippen molar-refractivity contribution in [3.8, 4) is 5.75 Å². The fourth-order valence-electron chi connectivity index (χ4n) is 2.26. The van der Waals surface area contributed by atoms with Crippen molar-refractivity contribution < 1.29 is 14.3 Å². The molecule has 1 aromatic carbocycles. The van der Waals surface area contributed by atoms with Crippen LogP contribution in [-0.4, -0.2) is 33.6 Å². The second-order valence-electron chi connectivity index (χ2n) is 5.82. The fourth-order valence-corrected chi connectivity index (χ4v) is 3.24. The van der Waals surface area contributed by atoms with Crippen molar-refractivity contribution in [1.29, 1.82) is 0 Å². The number of carbonyl (C=O) groups excluding carboxylic acids is 2. The van der Waals surface area contributed by atoms with Crippen LogP contribution < -0.4 is 15.4 Å². The number of halogens is 1. The van der Waals surface area contributed by atoms with Crippen molar-refractivity contribution in [3.05, 3.63) is 29.3 Å². The molecule has 8 nitrogen and oxygen atoms in total. The van der Waals surface area contributed by atoms with E-state index in [1.54, 1.807) is 24.3 Å². The van der Waals surface area contributed by atoms with Crippen LogP contribution in [0.1, 0.15) is 12.8 Å². The van der Waals surface area contributed by atoms with Crippen LogP contribution in [0.5, 0.6) is 5.75 Å². The summed E-state index contributed by atoms with van der Waals surface area (Å²) in [6, 6.07) is 6.72. The number of ether oxygens (including phenoxy) is 1. The zero-order valence-electron chi connectivity index (χ0n) is 13.4. The lowest BCUT2D eigenvalue weighted by molar-refractivity contribution is -0.118. The standard InChI is InChI=1S/C16H14ClN5O3S/c17-9-3-5-10(6-4-9)25-7-11(23)18-13-12-14(22-21-13)19-16(26-12)20-15(24)8-1-2-8/h3-6,8H,1-2,7H2,(H3,18,19,20,21,22,23,24). The van der Waals surface area contributed by atoms with Gasteiger partial charge in [-0.1, -0.05) is 22.9 Å². The van der Waals surface area contributed by atoms with E-state index in [2.05, 4.69) is 25.8 Å². The summed E-state index contributed by atoms with van der Waals surface area (Å²) in [5, 5.41) is 13.3. The maximum absolute atomic E-state index is 12.1. The number of hydrogen-bond acceptors (Lipinski definition) is 6. The third-order valence-corrected chi connectivity index (χ3v) is 4.97. The molecule has 10 heteroatoms. The van der Waals surface area contributed by atoms with Crippen molar-refractivity contribution in [1.82, 2.24) is 15.2 Å². The first-order valence-corrected chi connectivity index (χ1v) is 9.12. The normalized spacial score (nSPS) is 13.6. The molecule has 1 fully saturated rings. The van der Waals surface area contributed by atoms with E-state index in [-0.39, 0.29) is 24.3 Å². The van der Waals surface area contributed by atoms with Crippen LogP contribution in [0, 0.1) is 5.92 Å². The minimum atomic E-state index is -0.356. The number of thiazole rings is 1. The topological polar surface area (TPSA) is 109 Å². The van der Waals surface area contributed by atoms with Gasteiger partial charge in [-0.2, -0.15) is 5.10 Å². The molecule has 0 unspecified atom stereocenters. The van der Waals surface area contributed by atoms with Crippen molar-refractivity contribution in [3.63, 3.8) is 0 Å². The summed E-state index contributed by atoms with van der Waals surface area (Å²) in [5.41, 5.74) is 0.509. The third kappa shape index (κ3) is 3.78. The van der Waals surface area contributed by atoms with Gasteiger partial charge >= 0.3 is 0 Å². The number of benzene rings is 1. The summed E-state index contributed by atoms with van der Waals surface area (Å²) in [6.45, 7) is -0.167. The molecule has 2 amide bonds. The molecule has 4 rings (SSSR count). The zero-order chi connectivity index (χ0) is 18.1. The Morgan fingerprint density at radius 1 is 1.27 bits per heavy atom. The summed E-state index contributed by atoms with van der Waals surface area (Å²) >= 11 is 7.06. The van der Waals surface area contributed by atoms with E-state index in [0.29, 0.717) is 32.1 Å². The van der Waals surface area contributed by atoms with Crippen LogP contribution in [-0.2, 0) is 9.59 Å². The zero-order valence-corrected chi connectivity index (χ0v) is 15.0. The summed E-state index contributed by atoms with van der Waals surface area (Å²) in [7, 11) is 0. The predicted molar refractivity (Wildman–Crippen MR) is 98.7 cm³/mol. The monoisotopic (exact) mass is 391 g/mol. The summed E-state index contributed by atoms with van der Waals surface area (Å²) in [5.74, 6) is 0.620. The lowest BCUT2D eigenvalue weighted by Gasteiger charge is -2.05. The number of anilines is 2. The molecule has 0 spiro atoms. The van der Waals surface area contributed by atoms with Gasteiger partial charge in [-0.05, 0) is 37.1 Å². The Labute approximate surface area is 156 Å². The van der Waals surface area contributed by atoms with E-state index < -0.39 is 0 Å². The van der Waals surface area contributed by atoms with Crippen molar-refractivity contribution in [2.24, 2.45) is 5.92 Å². The lowest BCUT2D eigenvalue weighted by atomic mass is 10.3. The van der Waals surface area contributed by atoms with E-state index in [1.807, 2.05) is 0 Å². The highest BCUT2D eigenvalue weighted by Gasteiger charge is 2.30. The van der Waals surface area contributed by atoms with Gasteiger partial charge in [-0.25, -0.2) is 4.98 Å². The molecule has 1 saturated carbocycles. The van der Waals surface area contributed by atoms with E-state index in [4.69, 9.17) is 16.3 Å². The molecule has 26 heavy (non-hydrogen) atoms. The van der Waals surface area contributed by atoms with Crippen LogP contribution in [0.25, 0.3) is 10.3 Å². The van der Waals surface area contributed by atoms with E-state index >= 15 is 0 Å². The van der Waals surface area contributed by atoms with Crippen molar-refractivity contribution in [2.45, 2.75) is 12.8 Å². The molecule has 1 aliphatic rings. The highest BCUT2D eigenvalue weighted by molar-refractivity contribution is 7.22. The van der Waals surface area contributed by atoms with Gasteiger partial charge in [0.05, 0.1) is 0 Å². The van der Waals surface area contributed by atoms with Gasteiger partial charge in [0.2, 0.25) is 5.91 Å². The number of aromatic amines is 1. The quantitative estimate of drug-likeness (QED) is 0.598. The predicted octanol–water partition coefficient (Wildman–Crippen LogP) is 3.04. The number of aromatic nitrogens is 3. The average molecular weight is 392 g/mol. The first-order valence-electron chi connectivity index (χ1n) is 7.92. The Kier molecular flexibility index (Phi) is 4.48. The highest BCUT2D eigenvalue weighted by Crippen LogP contribution is 2.33. The molecule has 3 aromatic rings. The largest absolute Gasteiger partial charge is 0.484 e. The van der Waals surface area contributed by atoms with Crippen molar-refractivity contribution in [2.75, 3.05) is 17.2 Å². The van der Waals surface area contributed by atoms with Gasteiger partial charge in [-0.15, -0.1) is 0 Å². The average Bonchev–Trinajstić information content (AvgIpc) is 3.31. The number of carbonyl (C=O) groups is 2. The van der Waals surface area contributed by atoms with Crippen LogP contribution in [0.3, 0.4) is 0 Å². The van der Waals surface area contributed by atoms with Gasteiger partial charge in [0.1, 0.15) is 10.4 Å². The first kappa shape index (κ1) is 16.8. The summed E-state index contributed by atoms with van der Waals surface area (Å²) in [6.07, 6.45) is 1.84. The Hall–Kier alpha value is -2.65. The van der Waals surface area contributed by atoms with E-state index in [1.165, 1.54) is 11.3 Å². The number of amides is 2. The molecule has 0 saturated heterocycles. The lowest BCUT2D eigenvalue weighted by Crippen LogP contribution is -2.20. The third-order valence-electron chi connectivity index (χ3n) is 3.74. The molecule has 134 valence electrons. The Bertz CT molecular complexity index is 964. The van der Waals surface area contributed by atoms with Crippen LogP contribution in [0.2, 0.25) is 5.02 Å². The first-order chi connectivity index (χ1) is 12.6. The number of rotatable bonds is 6. The minimum Gasteiger partial charge on any atom is -0.484 e. The molecule has 2 heterocycles. The Balaban J connectivity index is 1.38. The Morgan fingerprint density at radius 2 is 2.04 bits per heavy atom. The second kappa shape index (κ2) is 6.93. The summed E-state index contributed by atoms with van der Waals surface area (Å²) < 4.78 is 6.06. The van der Waals surface area contributed by atoms with E-state index in [0.717, 1.165) is 12.8 Å². The second-order valence-corrected chi connectivity index (χ2v) is 7.26. The number of hydrogen-bond donors (Lipinski definition) is 3. The van der Waals surface area contributed by atoms with E-state index in [9.17, 15) is 9.59 Å². The molecular formula is C16H14ClN5O3S. The minimum absolute atomic E-state index is 0.0173. The van der Waals surface area contributed by atoms with Crippen LogP contribution >= 0.6 is 22.9 Å². The molecule has 0 bridgehead atoms. The van der Waals surface area contributed by atoms with Crippen LogP contribution in [0.15, 0.2) is 24.3 Å². The number of nitrogens with one attached hydrogen (secondary N) is 3. The van der Waals surface area contributed by atoms with Crippen molar-refractivity contribution >= 4 is 56.0 Å². The van der Waals surface area contributed by atoms with Gasteiger partial charge in [-0.3, -0.25) is 14.7 Å². The maximum atomic E-state index is 12.1. The molecule has 0 radical (unpaired) electrons. The molecule has 0 aliphatic heterocycles. The molecule has 2 aromatic heterocycles. The van der Waals surface area contributed by atoms with Gasteiger partial charge in [0.25, 0.3) is 5.91 Å². The number of H-pyrrole nitrogens is 1. The SMILES string of the molecule is O=C(COc1ccc(Cl)cc1)Nc1n[nH]c2nc(NC(=O)C3CC3)sc12. The number of nitrogens with zero attached hydrogens (tertiary/aromatic N) is 2. The highest BCUT2D eigenvalue weighted by atomic mass is 35.5. The molecule has 3 N–H and O–H groups in total. The summed E-state index contributed by atoms with van der Waals surface area (Å²) in [4.78, 5) is 28.2. The van der Waals surface area contributed by atoms with Crippen LogP contribution in [0.4, 0.5) is 10.9 Å². The maximum Gasteiger partial charge on any atom is 0.263 e. The Morgan fingerprint density at radius 3 is 2.77 bits per heavy atom.